The quantitative estimate of drug-likeness (QED) is 0.681. The van der Waals surface area contributed by atoms with Gasteiger partial charge in [0.1, 0.15) is 5.84 Å². The number of nitrogens with one attached hydrogen (secondary N) is 1. The molecule has 1 N–H and O–H groups in total. The molecular formula is C6H6N4S. The van der Waals surface area contributed by atoms with Crippen molar-refractivity contribution in [3.63, 3.8) is 0 Å². The number of aromatic nitrogens is 2. The summed E-state index contributed by atoms with van der Waals surface area (Å²) in [5, 5.41) is 0. The number of aromatic amines is 1. The number of imidazole rings is 1. The third kappa shape index (κ3) is 1.48. The van der Waals surface area contributed by atoms with Gasteiger partial charge in [0, 0.05) is 12.4 Å². The summed E-state index contributed by atoms with van der Waals surface area (Å²) < 4.78 is 0. The van der Waals surface area contributed by atoms with Crippen LogP contribution in [0.3, 0.4) is 0 Å². The van der Waals surface area contributed by atoms with E-state index >= 15 is 0 Å². The SMILES string of the molecule is C1=NC(=Nc2ncc[nH]2)CS1. The van der Waals surface area contributed by atoms with Crippen molar-refractivity contribution in [2.75, 3.05) is 5.75 Å². The third-order valence-corrected chi connectivity index (χ3v) is 1.89. The predicted octanol–water partition coefficient (Wildman–Crippen LogP) is 1.21. The first-order valence-corrected chi connectivity index (χ1v) is 4.21. The van der Waals surface area contributed by atoms with Crippen LogP contribution in [0.2, 0.25) is 0 Å². The molecule has 0 aliphatic carbocycles. The van der Waals surface area contributed by atoms with Gasteiger partial charge in [-0.15, -0.1) is 11.8 Å². The van der Waals surface area contributed by atoms with E-state index in [1.54, 1.807) is 29.7 Å². The van der Waals surface area contributed by atoms with Crippen molar-refractivity contribution < 1.29 is 0 Å². The van der Waals surface area contributed by atoms with E-state index in [1.807, 2.05) is 0 Å². The first kappa shape index (κ1) is 6.60. The van der Waals surface area contributed by atoms with Gasteiger partial charge >= 0.3 is 0 Å². The Hall–Kier alpha value is -1.10. The van der Waals surface area contributed by atoms with Gasteiger partial charge in [-0.3, -0.25) is 0 Å². The van der Waals surface area contributed by atoms with Crippen LogP contribution in [-0.2, 0) is 0 Å². The van der Waals surface area contributed by atoms with E-state index in [-0.39, 0.29) is 0 Å². The van der Waals surface area contributed by atoms with Gasteiger partial charge in [0.25, 0.3) is 0 Å². The predicted molar refractivity (Wildman–Crippen MR) is 46.6 cm³/mol. The Bertz CT molecular complexity index is 288. The monoisotopic (exact) mass is 166 g/mol. The number of rotatable bonds is 1. The summed E-state index contributed by atoms with van der Waals surface area (Å²) in [6.07, 6.45) is 3.41. The average Bonchev–Trinajstić information content (AvgIpc) is 2.60. The fourth-order valence-corrected chi connectivity index (χ4v) is 1.31. The fourth-order valence-electron chi connectivity index (χ4n) is 0.749. The molecule has 0 spiro atoms. The van der Waals surface area contributed by atoms with Gasteiger partial charge in [-0.1, -0.05) is 0 Å². The van der Waals surface area contributed by atoms with Crippen LogP contribution in [0.4, 0.5) is 5.95 Å². The lowest BCUT2D eigenvalue weighted by Crippen LogP contribution is -1.90. The first-order valence-electron chi connectivity index (χ1n) is 3.16. The average molecular weight is 166 g/mol. The lowest BCUT2D eigenvalue weighted by molar-refractivity contribution is 1.23. The van der Waals surface area contributed by atoms with Gasteiger partial charge < -0.3 is 4.98 Å². The summed E-state index contributed by atoms with van der Waals surface area (Å²) >= 11 is 1.64. The number of hydrogen-bond acceptors (Lipinski definition) is 3. The second-order valence-corrected chi connectivity index (χ2v) is 2.82. The Kier molecular flexibility index (Phi) is 1.72. The Labute approximate surface area is 67.9 Å². The van der Waals surface area contributed by atoms with E-state index in [2.05, 4.69) is 20.0 Å². The fraction of sp³-hybridized carbons (Fsp3) is 0.167. The molecule has 0 radical (unpaired) electrons. The zero-order valence-electron chi connectivity index (χ0n) is 5.69. The van der Waals surface area contributed by atoms with Crippen LogP contribution in [0.15, 0.2) is 22.4 Å². The summed E-state index contributed by atoms with van der Waals surface area (Å²) in [5.74, 6) is 2.30. The van der Waals surface area contributed by atoms with Gasteiger partial charge in [0.2, 0.25) is 5.95 Å². The number of thioether (sulfide) groups is 1. The molecule has 1 aliphatic rings. The molecule has 0 aromatic carbocycles. The highest BCUT2D eigenvalue weighted by Crippen LogP contribution is 2.10. The highest BCUT2D eigenvalue weighted by Gasteiger charge is 2.02. The largest absolute Gasteiger partial charge is 0.329 e. The van der Waals surface area contributed by atoms with Crippen LogP contribution in [0.5, 0.6) is 0 Å². The number of H-pyrrole nitrogens is 1. The first-order chi connectivity index (χ1) is 5.45. The van der Waals surface area contributed by atoms with E-state index in [9.17, 15) is 0 Å². The van der Waals surface area contributed by atoms with Crippen molar-refractivity contribution in [2.24, 2.45) is 9.98 Å². The summed E-state index contributed by atoms with van der Waals surface area (Å²) in [7, 11) is 0. The van der Waals surface area contributed by atoms with Crippen LogP contribution in [0, 0.1) is 0 Å². The molecule has 1 aromatic heterocycles. The highest BCUT2D eigenvalue weighted by molar-refractivity contribution is 8.13. The van der Waals surface area contributed by atoms with E-state index < -0.39 is 0 Å². The van der Waals surface area contributed by atoms with Crippen LogP contribution in [-0.4, -0.2) is 27.1 Å². The molecule has 0 saturated carbocycles. The minimum atomic E-state index is 0.625. The maximum absolute atomic E-state index is 4.15. The molecule has 0 amide bonds. The minimum absolute atomic E-state index is 0.625. The van der Waals surface area contributed by atoms with E-state index in [4.69, 9.17) is 0 Å². The van der Waals surface area contributed by atoms with E-state index in [0.29, 0.717) is 5.95 Å². The number of aliphatic imine (C=N–C) groups is 2. The summed E-state index contributed by atoms with van der Waals surface area (Å²) in [6.45, 7) is 0. The van der Waals surface area contributed by atoms with Crippen LogP contribution in [0.25, 0.3) is 0 Å². The smallest absolute Gasteiger partial charge is 0.228 e. The molecule has 11 heavy (non-hydrogen) atoms. The van der Waals surface area contributed by atoms with Crippen molar-refractivity contribution in [2.45, 2.75) is 0 Å². The molecule has 4 nitrogen and oxygen atoms in total. The highest BCUT2D eigenvalue weighted by atomic mass is 32.2. The minimum Gasteiger partial charge on any atom is -0.329 e. The summed E-state index contributed by atoms with van der Waals surface area (Å²) in [6, 6.07) is 0. The number of nitrogens with zero attached hydrogens (tertiary/aromatic N) is 3. The second kappa shape index (κ2) is 2.87. The van der Waals surface area contributed by atoms with E-state index in [0.717, 1.165) is 11.6 Å². The van der Waals surface area contributed by atoms with Crippen molar-refractivity contribution in [3.8, 4) is 0 Å². The Morgan fingerprint density at radius 2 is 2.64 bits per heavy atom. The van der Waals surface area contributed by atoms with Gasteiger partial charge in [-0.05, 0) is 0 Å². The molecule has 0 fully saturated rings. The van der Waals surface area contributed by atoms with Gasteiger partial charge in [0.05, 0.1) is 11.3 Å². The summed E-state index contributed by atoms with van der Waals surface area (Å²) in [4.78, 5) is 15.0. The molecule has 0 unspecified atom stereocenters. The molecule has 2 rings (SSSR count). The molecule has 0 atom stereocenters. The topological polar surface area (TPSA) is 53.4 Å². The standard InChI is InChI=1S/C6H6N4S/c1-2-8-6(7-1)10-5-3-11-4-9-5/h1-2,4H,3H2,(H,7,8). The molecule has 0 saturated heterocycles. The number of amidine groups is 1. The Morgan fingerprint density at radius 3 is 3.27 bits per heavy atom. The van der Waals surface area contributed by atoms with Gasteiger partial charge in [-0.25, -0.2) is 9.98 Å². The molecule has 56 valence electrons. The maximum Gasteiger partial charge on any atom is 0.228 e. The molecule has 1 aromatic rings. The zero-order valence-corrected chi connectivity index (χ0v) is 6.51. The second-order valence-electron chi connectivity index (χ2n) is 1.99. The van der Waals surface area contributed by atoms with Crippen LogP contribution < -0.4 is 0 Å². The van der Waals surface area contributed by atoms with Crippen molar-refractivity contribution in [1.82, 2.24) is 9.97 Å². The van der Waals surface area contributed by atoms with Gasteiger partial charge in [0.15, 0.2) is 0 Å². The lowest BCUT2D eigenvalue weighted by Gasteiger charge is -1.86. The molecule has 0 bridgehead atoms. The normalized spacial score (nSPS) is 19.8. The third-order valence-electron chi connectivity index (χ3n) is 1.21. The maximum atomic E-state index is 4.15. The molecular weight excluding hydrogens is 160 g/mol. The Morgan fingerprint density at radius 1 is 1.64 bits per heavy atom. The van der Waals surface area contributed by atoms with E-state index in [1.165, 1.54) is 0 Å². The lowest BCUT2D eigenvalue weighted by atomic mass is 10.7. The van der Waals surface area contributed by atoms with Crippen molar-refractivity contribution in [1.29, 1.82) is 0 Å². The van der Waals surface area contributed by atoms with Crippen LogP contribution >= 0.6 is 11.8 Å². The van der Waals surface area contributed by atoms with Crippen LogP contribution in [0.1, 0.15) is 0 Å². The zero-order chi connectivity index (χ0) is 7.52. The van der Waals surface area contributed by atoms with Crippen molar-refractivity contribution >= 4 is 29.1 Å². The number of hydrogen-bond donors (Lipinski definition) is 1. The Balaban J connectivity index is 2.20. The summed E-state index contributed by atoms with van der Waals surface area (Å²) in [5.41, 5.74) is 1.79. The molecule has 1 aliphatic heterocycles. The molecule has 2 heterocycles. The molecule has 5 heteroatoms. The van der Waals surface area contributed by atoms with Gasteiger partial charge in [-0.2, -0.15) is 4.99 Å². The van der Waals surface area contributed by atoms with Crippen molar-refractivity contribution in [3.05, 3.63) is 12.4 Å².